The summed E-state index contributed by atoms with van der Waals surface area (Å²) in [6, 6.07) is 14.2. The number of nitrogens with one attached hydrogen (secondary N) is 1. The Kier molecular flexibility index (Phi) is 5.66. The van der Waals surface area contributed by atoms with E-state index in [-0.39, 0.29) is 0 Å². The van der Waals surface area contributed by atoms with Crippen LogP contribution in [-0.4, -0.2) is 11.1 Å². The molecule has 1 unspecified atom stereocenters. The second kappa shape index (κ2) is 7.48. The SMILES string of the molecule is Cc1cc(CCC(C)NCc2ccc(Cl)cc2)ccc1O. The maximum absolute atomic E-state index is 9.53. The highest BCUT2D eigenvalue weighted by atomic mass is 35.5. The molecule has 112 valence electrons. The largest absolute Gasteiger partial charge is 0.508 e. The topological polar surface area (TPSA) is 32.3 Å². The highest BCUT2D eigenvalue weighted by Crippen LogP contribution is 2.18. The maximum atomic E-state index is 9.53. The first kappa shape index (κ1) is 15.9. The molecule has 0 heterocycles. The summed E-state index contributed by atoms with van der Waals surface area (Å²) in [6.45, 7) is 4.98. The van der Waals surface area contributed by atoms with Gasteiger partial charge in [0.05, 0.1) is 0 Å². The molecule has 2 rings (SSSR count). The molecule has 0 spiro atoms. The summed E-state index contributed by atoms with van der Waals surface area (Å²) in [4.78, 5) is 0. The van der Waals surface area contributed by atoms with Crippen LogP contribution in [-0.2, 0) is 13.0 Å². The number of aromatic hydroxyl groups is 1. The van der Waals surface area contributed by atoms with Gasteiger partial charge in [-0.05, 0) is 61.6 Å². The Morgan fingerprint density at radius 2 is 1.76 bits per heavy atom. The van der Waals surface area contributed by atoms with Crippen molar-refractivity contribution in [1.29, 1.82) is 0 Å². The van der Waals surface area contributed by atoms with E-state index >= 15 is 0 Å². The zero-order chi connectivity index (χ0) is 15.2. The van der Waals surface area contributed by atoms with Gasteiger partial charge in [-0.15, -0.1) is 0 Å². The molecule has 0 fully saturated rings. The van der Waals surface area contributed by atoms with Crippen LogP contribution in [0.2, 0.25) is 5.02 Å². The van der Waals surface area contributed by atoms with Crippen molar-refractivity contribution in [2.45, 2.75) is 39.3 Å². The van der Waals surface area contributed by atoms with E-state index in [0.29, 0.717) is 11.8 Å². The van der Waals surface area contributed by atoms with Gasteiger partial charge in [0.25, 0.3) is 0 Å². The quantitative estimate of drug-likeness (QED) is 0.825. The minimum Gasteiger partial charge on any atom is -0.508 e. The predicted octanol–water partition coefficient (Wildman–Crippen LogP) is 4.46. The number of rotatable bonds is 6. The number of aryl methyl sites for hydroxylation is 2. The molecule has 0 bridgehead atoms. The fraction of sp³-hybridized carbons (Fsp3) is 0.333. The lowest BCUT2D eigenvalue weighted by Gasteiger charge is -2.14. The summed E-state index contributed by atoms with van der Waals surface area (Å²) in [5.41, 5.74) is 3.45. The van der Waals surface area contributed by atoms with Crippen molar-refractivity contribution < 1.29 is 5.11 Å². The van der Waals surface area contributed by atoms with Crippen LogP contribution in [0.5, 0.6) is 5.75 Å². The van der Waals surface area contributed by atoms with E-state index in [1.54, 1.807) is 6.07 Å². The average Bonchev–Trinajstić information content (AvgIpc) is 2.48. The second-order valence-electron chi connectivity index (χ2n) is 5.57. The molecule has 2 N–H and O–H groups in total. The van der Waals surface area contributed by atoms with E-state index in [4.69, 9.17) is 11.6 Å². The molecular weight excluding hydrogens is 282 g/mol. The number of hydrogen-bond donors (Lipinski definition) is 2. The summed E-state index contributed by atoms with van der Waals surface area (Å²) in [5.74, 6) is 0.368. The number of benzene rings is 2. The first-order valence-corrected chi connectivity index (χ1v) is 7.68. The van der Waals surface area contributed by atoms with Crippen molar-refractivity contribution >= 4 is 11.6 Å². The van der Waals surface area contributed by atoms with E-state index in [1.807, 2.05) is 37.3 Å². The van der Waals surface area contributed by atoms with E-state index < -0.39 is 0 Å². The van der Waals surface area contributed by atoms with Gasteiger partial charge in [0.2, 0.25) is 0 Å². The van der Waals surface area contributed by atoms with Gasteiger partial charge >= 0.3 is 0 Å². The summed E-state index contributed by atoms with van der Waals surface area (Å²) < 4.78 is 0. The van der Waals surface area contributed by atoms with Crippen molar-refractivity contribution in [3.8, 4) is 5.75 Å². The van der Waals surface area contributed by atoms with Gasteiger partial charge in [0.1, 0.15) is 5.75 Å². The molecule has 1 atom stereocenters. The van der Waals surface area contributed by atoms with Gasteiger partial charge in [-0.25, -0.2) is 0 Å². The maximum Gasteiger partial charge on any atom is 0.118 e. The van der Waals surface area contributed by atoms with Crippen LogP contribution in [0, 0.1) is 6.92 Å². The summed E-state index contributed by atoms with van der Waals surface area (Å²) in [6.07, 6.45) is 2.08. The van der Waals surface area contributed by atoms with Crippen molar-refractivity contribution in [1.82, 2.24) is 5.32 Å². The van der Waals surface area contributed by atoms with E-state index in [2.05, 4.69) is 18.3 Å². The van der Waals surface area contributed by atoms with E-state index in [9.17, 15) is 5.11 Å². The van der Waals surface area contributed by atoms with Gasteiger partial charge < -0.3 is 10.4 Å². The molecule has 0 saturated carbocycles. The van der Waals surface area contributed by atoms with Crippen molar-refractivity contribution in [3.05, 3.63) is 64.2 Å². The van der Waals surface area contributed by atoms with E-state index in [1.165, 1.54) is 11.1 Å². The summed E-state index contributed by atoms with van der Waals surface area (Å²) in [5, 5.41) is 13.8. The van der Waals surface area contributed by atoms with Crippen LogP contribution in [0.3, 0.4) is 0 Å². The van der Waals surface area contributed by atoms with Gasteiger partial charge in [-0.2, -0.15) is 0 Å². The zero-order valence-corrected chi connectivity index (χ0v) is 13.3. The van der Waals surface area contributed by atoms with Crippen molar-refractivity contribution in [2.75, 3.05) is 0 Å². The lowest BCUT2D eigenvalue weighted by Crippen LogP contribution is -2.25. The van der Waals surface area contributed by atoms with Crippen molar-refractivity contribution in [2.24, 2.45) is 0 Å². The highest BCUT2D eigenvalue weighted by molar-refractivity contribution is 6.30. The Morgan fingerprint density at radius 3 is 2.43 bits per heavy atom. The van der Waals surface area contributed by atoms with Crippen LogP contribution in [0.15, 0.2) is 42.5 Å². The Morgan fingerprint density at radius 1 is 1.10 bits per heavy atom. The summed E-state index contributed by atoms with van der Waals surface area (Å²) >= 11 is 5.88. The lowest BCUT2D eigenvalue weighted by molar-refractivity contribution is 0.470. The molecule has 2 aromatic carbocycles. The van der Waals surface area contributed by atoms with Gasteiger partial charge in [-0.1, -0.05) is 35.9 Å². The number of phenols is 1. The van der Waals surface area contributed by atoms with Crippen molar-refractivity contribution in [3.63, 3.8) is 0 Å². The monoisotopic (exact) mass is 303 g/mol. The Hall–Kier alpha value is -1.51. The first-order chi connectivity index (χ1) is 10.0. The molecule has 2 nitrogen and oxygen atoms in total. The van der Waals surface area contributed by atoms with Crippen LogP contribution in [0.4, 0.5) is 0 Å². The summed E-state index contributed by atoms with van der Waals surface area (Å²) in [7, 11) is 0. The zero-order valence-electron chi connectivity index (χ0n) is 12.6. The predicted molar refractivity (Wildman–Crippen MR) is 88.9 cm³/mol. The third kappa shape index (κ3) is 5.07. The lowest BCUT2D eigenvalue weighted by atomic mass is 10.0. The molecular formula is C18H22ClNO. The number of hydrogen-bond acceptors (Lipinski definition) is 2. The minimum absolute atomic E-state index is 0.368. The van der Waals surface area contributed by atoms with Crippen LogP contribution in [0.25, 0.3) is 0 Å². The first-order valence-electron chi connectivity index (χ1n) is 7.31. The van der Waals surface area contributed by atoms with Crippen LogP contribution < -0.4 is 5.32 Å². The standard InChI is InChI=1S/C18H22ClNO/c1-13-11-15(7-10-18(13)21)4-3-14(2)20-12-16-5-8-17(19)9-6-16/h5-11,14,20-21H,3-4,12H2,1-2H3. The van der Waals surface area contributed by atoms with Gasteiger partial charge in [0.15, 0.2) is 0 Å². The Labute approximate surface area is 131 Å². The molecule has 0 saturated heterocycles. The van der Waals surface area contributed by atoms with Gasteiger partial charge in [-0.3, -0.25) is 0 Å². The molecule has 21 heavy (non-hydrogen) atoms. The van der Waals surface area contributed by atoms with E-state index in [0.717, 1.165) is 30.0 Å². The fourth-order valence-electron chi connectivity index (χ4n) is 2.25. The minimum atomic E-state index is 0.368. The second-order valence-corrected chi connectivity index (χ2v) is 6.00. The number of phenolic OH excluding ortho intramolecular Hbond substituents is 1. The van der Waals surface area contributed by atoms with Crippen LogP contribution in [0.1, 0.15) is 30.0 Å². The molecule has 0 radical (unpaired) electrons. The smallest absolute Gasteiger partial charge is 0.118 e. The van der Waals surface area contributed by atoms with Crippen LogP contribution >= 0.6 is 11.6 Å². The third-order valence-electron chi connectivity index (χ3n) is 3.70. The fourth-order valence-corrected chi connectivity index (χ4v) is 2.38. The molecule has 0 aromatic heterocycles. The third-order valence-corrected chi connectivity index (χ3v) is 3.95. The molecule has 3 heteroatoms. The van der Waals surface area contributed by atoms with Gasteiger partial charge in [0, 0.05) is 17.6 Å². The molecule has 0 aliphatic rings. The normalized spacial score (nSPS) is 12.3. The Bertz CT molecular complexity index is 580. The molecule has 0 amide bonds. The highest BCUT2D eigenvalue weighted by Gasteiger charge is 2.04. The number of halogens is 1. The molecule has 2 aromatic rings. The Balaban J connectivity index is 1.77. The molecule has 0 aliphatic heterocycles. The molecule has 0 aliphatic carbocycles. The average molecular weight is 304 g/mol.